The lowest BCUT2D eigenvalue weighted by atomic mass is 10.0. The monoisotopic (exact) mass is 318 g/mol. The van der Waals surface area contributed by atoms with Crippen LogP contribution in [0, 0.1) is 6.92 Å². The lowest BCUT2D eigenvalue weighted by Gasteiger charge is -2.37. The fourth-order valence-electron chi connectivity index (χ4n) is 3.49. The number of nitrogens with zero attached hydrogens (tertiary/aromatic N) is 2. The van der Waals surface area contributed by atoms with Crippen molar-refractivity contribution < 1.29 is 4.74 Å². The second-order valence-corrected chi connectivity index (χ2v) is 7.01. The molecule has 0 unspecified atom stereocenters. The van der Waals surface area contributed by atoms with Crippen LogP contribution >= 0.6 is 0 Å². The summed E-state index contributed by atoms with van der Waals surface area (Å²) in [4.78, 5) is 5.18. The Labute approximate surface area is 142 Å². The van der Waals surface area contributed by atoms with Crippen LogP contribution in [-0.2, 0) is 11.2 Å². The third kappa shape index (κ3) is 6.62. The molecule has 0 aromatic heterocycles. The molecule has 2 rings (SSSR count). The quantitative estimate of drug-likeness (QED) is 0.649. The first-order chi connectivity index (χ1) is 11.2. The Hall–Kier alpha value is -0.900. The average molecular weight is 319 g/mol. The van der Waals surface area contributed by atoms with E-state index in [-0.39, 0.29) is 0 Å². The number of hydrogen-bond acceptors (Lipinski definition) is 3. The Morgan fingerprint density at radius 3 is 2.39 bits per heavy atom. The fraction of sp³-hybridized carbons (Fsp3) is 0.700. The summed E-state index contributed by atoms with van der Waals surface area (Å²) in [5.41, 5.74) is 2.82. The predicted molar refractivity (Wildman–Crippen MR) is 98.1 cm³/mol. The van der Waals surface area contributed by atoms with Gasteiger partial charge < -0.3 is 14.5 Å². The Balaban J connectivity index is 1.80. The highest BCUT2D eigenvalue weighted by Gasteiger charge is 2.22. The predicted octanol–water partition coefficient (Wildman–Crippen LogP) is 3.36. The molecule has 3 heteroatoms. The van der Waals surface area contributed by atoms with Gasteiger partial charge >= 0.3 is 0 Å². The minimum Gasteiger partial charge on any atom is -0.385 e. The van der Waals surface area contributed by atoms with Crippen molar-refractivity contribution in [3.05, 3.63) is 35.4 Å². The third-order valence-corrected chi connectivity index (χ3v) is 5.03. The van der Waals surface area contributed by atoms with Crippen LogP contribution < -0.4 is 0 Å². The fourth-order valence-corrected chi connectivity index (χ4v) is 3.49. The number of aryl methyl sites for hydroxylation is 2. The molecule has 130 valence electrons. The lowest BCUT2D eigenvalue weighted by Crippen LogP contribution is -2.44. The zero-order chi connectivity index (χ0) is 16.5. The van der Waals surface area contributed by atoms with Gasteiger partial charge in [0.2, 0.25) is 0 Å². The summed E-state index contributed by atoms with van der Waals surface area (Å²) < 4.78 is 5.25. The zero-order valence-corrected chi connectivity index (χ0v) is 15.3. The van der Waals surface area contributed by atoms with E-state index in [2.05, 4.69) is 48.0 Å². The van der Waals surface area contributed by atoms with E-state index < -0.39 is 0 Å². The molecule has 23 heavy (non-hydrogen) atoms. The second-order valence-electron chi connectivity index (χ2n) is 7.01. The van der Waals surface area contributed by atoms with Crippen molar-refractivity contribution >= 4 is 0 Å². The number of rotatable bonds is 9. The average Bonchev–Trinajstić information content (AvgIpc) is 2.56. The summed E-state index contributed by atoms with van der Waals surface area (Å²) in [5, 5.41) is 0. The lowest BCUT2D eigenvalue weighted by molar-refractivity contribution is 0.105. The Kier molecular flexibility index (Phi) is 8.07. The molecule has 1 aliphatic heterocycles. The SMILES string of the molecule is COCCCN(CCCc1ccc(C)cc1)C1CCN(C)CC1. The number of ether oxygens (including phenoxy) is 1. The molecule has 0 atom stereocenters. The standard InChI is InChI=1S/C20H34N2O/c1-18-7-9-19(10-8-18)6-4-13-22(14-5-17-23-3)20-11-15-21(2)16-12-20/h7-10,20H,4-6,11-17H2,1-3H3. The van der Waals surface area contributed by atoms with Crippen LogP contribution in [0.1, 0.15) is 36.8 Å². The van der Waals surface area contributed by atoms with Gasteiger partial charge in [-0.05, 0) is 71.3 Å². The van der Waals surface area contributed by atoms with Gasteiger partial charge in [-0.1, -0.05) is 29.8 Å². The van der Waals surface area contributed by atoms with Crippen LogP contribution in [0.4, 0.5) is 0 Å². The molecule has 0 N–H and O–H groups in total. The molecule has 1 saturated heterocycles. The maximum absolute atomic E-state index is 5.25. The Morgan fingerprint density at radius 2 is 1.74 bits per heavy atom. The van der Waals surface area contributed by atoms with E-state index in [0.29, 0.717) is 0 Å². The van der Waals surface area contributed by atoms with E-state index in [9.17, 15) is 0 Å². The van der Waals surface area contributed by atoms with Crippen LogP contribution in [-0.4, -0.2) is 62.8 Å². The van der Waals surface area contributed by atoms with Gasteiger partial charge in [0.05, 0.1) is 0 Å². The first-order valence-electron chi connectivity index (χ1n) is 9.16. The van der Waals surface area contributed by atoms with Crippen molar-refractivity contribution in [2.75, 3.05) is 46.9 Å². The van der Waals surface area contributed by atoms with Gasteiger partial charge in [-0.25, -0.2) is 0 Å². The van der Waals surface area contributed by atoms with Crippen molar-refractivity contribution in [3.8, 4) is 0 Å². The van der Waals surface area contributed by atoms with E-state index in [1.165, 1.54) is 63.0 Å². The first kappa shape index (κ1) is 18.4. The maximum atomic E-state index is 5.25. The zero-order valence-electron chi connectivity index (χ0n) is 15.3. The molecular weight excluding hydrogens is 284 g/mol. The van der Waals surface area contributed by atoms with E-state index in [1.807, 2.05) is 0 Å². The van der Waals surface area contributed by atoms with E-state index in [4.69, 9.17) is 4.74 Å². The van der Waals surface area contributed by atoms with Crippen molar-refractivity contribution in [1.29, 1.82) is 0 Å². The van der Waals surface area contributed by atoms with Gasteiger partial charge in [-0.15, -0.1) is 0 Å². The van der Waals surface area contributed by atoms with Crippen LogP contribution in [0.5, 0.6) is 0 Å². The summed E-state index contributed by atoms with van der Waals surface area (Å²) in [5.74, 6) is 0. The van der Waals surface area contributed by atoms with Crippen molar-refractivity contribution in [2.45, 2.75) is 45.1 Å². The molecular formula is C20H34N2O. The van der Waals surface area contributed by atoms with Gasteiger partial charge in [0.25, 0.3) is 0 Å². The van der Waals surface area contributed by atoms with Crippen LogP contribution in [0.25, 0.3) is 0 Å². The minimum absolute atomic E-state index is 0.765. The molecule has 0 saturated carbocycles. The molecule has 1 aromatic rings. The topological polar surface area (TPSA) is 15.7 Å². The molecule has 1 fully saturated rings. The van der Waals surface area contributed by atoms with Crippen LogP contribution in [0.3, 0.4) is 0 Å². The minimum atomic E-state index is 0.765. The first-order valence-corrected chi connectivity index (χ1v) is 9.16. The smallest absolute Gasteiger partial charge is 0.0474 e. The van der Waals surface area contributed by atoms with E-state index >= 15 is 0 Å². The number of piperidine rings is 1. The van der Waals surface area contributed by atoms with E-state index in [0.717, 1.165) is 19.1 Å². The molecule has 0 bridgehead atoms. The van der Waals surface area contributed by atoms with Gasteiger partial charge in [0.15, 0.2) is 0 Å². The summed E-state index contributed by atoms with van der Waals surface area (Å²) >= 11 is 0. The van der Waals surface area contributed by atoms with Crippen molar-refractivity contribution in [1.82, 2.24) is 9.80 Å². The number of methoxy groups -OCH3 is 1. The van der Waals surface area contributed by atoms with Gasteiger partial charge in [-0.2, -0.15) is 0 Å². The molecule has 0 amide bonds. The van der Waals surface area contributed by atoms with Gasteiger partial charge in [0, 0.05) is 26.3 Å². The van der Waals surface area contributed by atoms with Crippen molar-refractivity contribution in [3.63, 3.8) is 0 Å². The number of benzene rings is 1. The molecule has 0 spiro atoms. The molecule has 1 aromatic carbocycles. The maximum Gasteiger partial charge on any atom is 0.0474 e. The molecule has 3 nitrogen and oxygen atoms in total. The second kappa shape index (κ2) is 10.1. The largest absolute Gasteiger partial charge is 0.385 e. The van der Waals surface area contributed by atoms with Crippen LogP contribution in [0.15, 0.2) is 24.3 Å². The Bertz CT molecular complexity index is 424. The van der Waals surface area contributed by atoms with Gasteiger partial charge in [0.1, 0.15) is 0 Å². The van der Waals surface area contributed by atoms with Gasteiger partial charge in [-0.3, -0.25) is 0 Å². The summed E-state index contributed by atoms with van der Waals surface area (Å²) in [6, 6.07) is 9.77. The highest BCUT2D eigenvalue weighted by Crippen LogP contribution is 2.17. The van der Waals surface area contributed by atoms with Crippen molar-refractivity contribution in [2.24, 2.45) is 0 Å². The highest BCUT2D eigenvalue weighted by molar-refractivity contribution is 5.21. The summed E-state index contributed by atoms with van der Waals surface area (Å²) in [7, 11) is 4.04. The normalized spacial score (nSPS) is 17.0. The third-order valence-electron chi connectivity index (χ3n) is 5.03. The Morgan fingerprint density at radius 1 is 1.09 bits per heavy atom. The molecule has 1 heterocycles. The molecule has 0 radical (unpaired) electrons. The highest BCUT2D eigenvalue weighted by atomic mass is 16.5. The van der Waals surface area contributed by atoms with E-state index in [1.54, 1.807) is 7.11 Å². The molecule has 0 aliphatic carbocycles. The number of likely N-dealkylation sites (tertiary alicyclic amines) is 1. The van der Waals surface area contributed by atoms with Crippen LogP contribution in [0.2, 0.25) is 0 Å². The molecule has 1 aliphatic rings. The number of hydrogen-bond donors (Lipinski definition) is 0. The summed E-state index contributed by atoms with van der Waals surface area (Å²) in [6.45, 7) is 7.90. The summed E-state index contributed by atoms with van der Waals surface area (Å²) in [6.07, 6.45) is 6.21.